The van der Waals surface area contributed by atoms with Crippen molar-refractivity contribution in [3.05, 3.63) is 48.6 Å². The molecule has 278 valence electrons. The lowest BCUT2D eigenvalue weighted by Crippen LogP contribution is -2.60. The second-order valence-electron chi connectivity index (χ2n) is 11.7. The van der Waals surface area contributed by atoms with Gasteiger partial charge in [0, 0.05) is 13.0 Å². The van der Waals surface area contributed by atoms with Gasteiger partial charge in [-0.15, -0.1) is 0 Å². The van der Waals surface area contributed by atoms with E-state index in [1.807, 2.05) is 0 Å². The van der Waals surface area contributed by atoms with Gasteiger partial charge in [0.2, 0.25) is 0 Å². The predicted molar refractivity (Wildman–Crippen MR) is 183 cm³/mol. The summed E-state index contributed by atoms with van der Waals surface area (Å²) >= 11 is 0. The largest absolute Gasteiger partial charge is 0.457 e. The Morgan fingerprint density at radius 1 is 0.812 bits per heavy atom. The summed E-state index contributed by atoms with van der Waals surface area (Å²) in [7, 11) is -5.06. The molecule has 13 heteroatoms. The summed E-state index contributed by atoms with van der Waals surface area (Å²) in [6.45, 7) is 3.62. The molecular formula is C35H60O12S. The lowest BCUT2D eigenvalue weighted by Gasteiger charge is -2.41. The number of esters is 1. The molecule has 6 atom stereocenters. The van der Waals surface area contributed by atoms with Crippen LogP contribution in [-0.2, 0) is 38.3 Å². The van der Waals surface area contributed by atoms with Crippen molar-refractivity contribution in [1.29, 1.82) is 0 Å². The topological polar surface area (TPSA) is 178 Å². The van der Waals surface area contributed by atoms with Crippen molar-refractivity contribution in [2.45, 2.75) is 141 Å². The number of aliphatic hydroxyl groups excluding tert-OH is 3. The molecule has 0 aromatic carbocycles. The van der Waals surface area contributed by atoms with Crippen molar-refractivity contribution in [2.24, 2.45) is 0 Å². The van der Waals surface area contributed by atoms with Crippen molar-refractivity contribution in [3.8, 4) is 0 Å². The number of hydrogen-bond donors (Lipinski definition) is 4. The lowest BCUT2D eigenvalue weighted by atomic mass is 9.99. The third-order valence-electron chi connectivity index (χ3n) is 7.47. The number of aliphatic hydroxyl groups is 3. The standard InChI is InChI=1S/C35H60O12S/c1-3-5-7-9-11-12-13-14-15-16-17-19-21-23-25-43-27-29(45-31(37)24-22-20-18-10-8-6-4-2)28-44-35-33(39)34(47-48(40,41)42)32(38)30(26-36)46-35/h5,7,11-12,14-15,17,19,29-30,32-36,38-39H,3-4,6,8-10,13,16,18,20-28H2,1-2H3,(H,40,41,42)/b7-5-,12-11-,15-14-,19-17-. The Balaban J connectivity index is 2.58. The van der Waals surface area contributed by atoms with Gasteiger partial charge in [0.15, 0.2) is 6.29 Å². The summed E-state index contributed by atoms with van der Waals surface area (Å²) in [6, 6.07) is 0. The van der Waals surface area contributed by atoms with Gasteiger partial charge in [-0.05, 0) is 44.9 Å². The summed E-state index contributed by atoms with van der Waals surface area (Å²) in [5.41, 5.74) is 0. The number of rotatable bonds is 28. The normalized spacial score (nSPS) is 22.8. The summed E-state index contributed by atoms with van der Waals surface area (Å²) in [5, 5.41) is 30.4. The maximum atomic E-state index is 12.6. The molecular weight excluding hydrogens is 644 g/mol. The van der Waals surface area contributed by atoms with Crippen LogP contribution in [0.1, 0.15) is 104 Å². The molecule has 0 radical (unpaired) electrons. The van der Waals surface area contributed by atoms with Crippen molar-refractivity contribution >= 4 is 16.4 Å². The fraction of sp³-hybridized carbons (Fsp3) is 0.743. The monoisotopic (exact) mass is 704 g/mol. The zero-order chi connectivity index (χ0) is 35.5. The predicted octanol–water partition coefficient (Wildman–Crippen LogP) is 5.28. The highest BCUT2D eigenvalue weighted by Crippen LogP contribution is 2.26. The van der Waals surface area contributed by atoms with Gasteiger partial charge in [-0.3, -0.25) is 9.35 Å². The van der Waals surface area contributed by atoms with Crippen LogP contribution in [0.2, 0.25) is 0 Å². The van der Waals surface area contributed by atoms with E-state index in [0.29, 0.717) is 13.0 Å². The molecule has 4 N–H and O–H groups in total. The summed E-state index contributed by atoms with van der Waals surface area (Å²) < 4.78 is 58.4. The average Bonchev–Trinajstić information content (AvgIpc) is 3.05. The maximum absolute atomic E-state index is 12.6. The van der Waals surface area contributed by atoms with E-state index in [-0.39, 0.29) is 19.6 Å². The SMILES string of the molecule is CC/C=C\C/C=C\C/C=C\C/C=C\CCCOCC(COC1OC(CO)C(O)C(OS(=O)(=O)O)C1O)OC(=O)CCCCCCCCC. The Hall–Kier alpha value is -1.94. The lowest BCUT2D eigenvalue weighted by molar-refractivity contribution is -0.301. The molecule has 1 aliphatic heterocycles. The van der Waals surface area contributed by atoms with Gasteiger partial charge in [-0.1, -0.05) is 101 Å². The smallest absolute Gasteiger partial charge is 0.397 e. The Morgan fingerprint density at radius 3 is 2.02 bits per heavy atom. The number of ether oxygens (including phenoxy) is 4. The molecule has 1 heterocycles. The van der Waals surface area contributed by atoms with Crippen LogP contribution < -0.4 is 0 Å². The first-order chi connectivity index (χ1) is 23.1. The van der Waals surface area contributed by atoms with Crippen molar-refractivity contribution in [2.75, 3.05) is 26.4 Å². The number of hydrogen-bond acceptors (Lipinski definition) is 11. The molecule has 0 aromatic heterocycles. The fourth-order valence-corrected chi connectivity index (χ4v) is 5.36. The van der Waals surface area contributed by atoms with Crippen LogP contribution in [0.5, 0.6) is 0 Å². The molecule has 1 saturated heterocycles. The Labute approximate surface area is 287 Å². The van der Waals surface area contributed by atoms with Crippen molar-refractivity contribution in [3.63, 3.8) is 0 Å². The van der Waals surface area contributed by atoms with Crippen LogP contribution in [0.3, 0.4) is 0 Å². The van der Waals surface area contributed by atoms with Crippen molar-refractivity contribution in [1.82, 2.24) is 0 Å². The number of unbranched alkanes of at least 4 members (excludes halogenated alkanes) is 7. The quantitative estimate of drug-likeness (QED) is 0.0359. The minimum Gasteiger partial charge on any atom is -0.457 e. The van der Waals surface area contributed by atoms with Crippen LogP contribution in [0, 0.1) is 0 Å². The Bertz CT molecular complexity index is 1040. The van der Waals surface area contributed by atoms with E-state index in [0.717, 1.165) is 57.8 Å². The first-order valence-electron chi connectivity index (χ1n) is 17.4. The van der Waals surface area contributed by atoms with E-state index in [1.54, 1.807) is 0 Å². The Kier molecular flexibility index (Phi) is 25.6. The molecule has 0 aromatic rings. The van der Waals surface area contributed by atoms with Crippen LogP contribution >= 0.6 is 0 Å². The van der Waals surface area contributed by atoms with E-state index in [9.17, 15) is 28.5 Å². The minimum atomic E-state index is -5.06. The Morgan fingerprint density at radius 2 is 1.42 bits per heavy atom. The van der Waals surface area contributed by atoms with E-state index in [4.69, 9.17) is 23.5 Å². The third kappa shape index (κ3) is 21.9. The number of allylic oxidation sites excluding steroid dienone is 8. The van der Waals surface area contributed by atoms with E-state index in [2.05, 4.69) is 66.6 Å². The van der Waals surface area contributed by atoms with Crippen LogP contribution in [0.15, 0.2) is 48.6 Å². The second kappa shape index (κ2) is 27.8. The first kappa shape index (κ1) is 44.1. The number of carbonyl (C=O) groups excluding carboxylic acids is 1. The van der Waals surface area contributed by atoms with Gasteiger partial charge < -0.3 is 34.3 Å². The molecule has 0 bridgehead atoms. The van der Waals surface area contributed by atoms with Gasteiger partial charge in [-0.2, -0.15) is 8.42 Å². The molecule has 0 amide bonds. The van der Waals surface area contributed by atoms with Crippen LogP contribution in [-0.4, -0.2) is 97.5 Å². The zero-order valence-electron chi connectivity index (χ0n) is 28.8. The highest BCUT2D eigenvalue weighted by molar-refractivity contribution is 7.80. The second-order valence-corrected chi connectivity index (χ2v) is 12.8. The molecule has 1 aliphatic rings. The fourth-order valence-electron chi connectivity index (χ4n) is 4.85. The van der Waals surface area contributed by atoms with Crippen molar-refractivity contribution < 1.29 is 56.2 Å². The number of carbonyl (C=O) groups is 1. The highest BCUT2D eigenvalue weighted by atomic mass is 32.3. The first-order valence-corrected chi connectivity index (χ1v) is 18.8. The van der Waals surface area contributed by atoms with Gasteiger partial charge in [0.05, 0.1) is 19.8 Å². The maximum Gasteiger partial charge on any atom is 0.397 e. The van der Waals surface area contributed by atoms with Gasteiger partial charge in [0.25, 0.3) is 0 Å². The van der Waals surface area contributed by atoms with E-state index < -0.39 is 59.8 Å². The van der Waals surface area contributed by atoms with Crippen LogP contribution in [0.4, 0.5) is 0 Å². The molecule has 1 fully saturated rings. The van der Waals surface area contributed by atoms with Crippen LogP contribution in [0.25, 0.3) is 0 Å². The molecule has 1 rings (SSSR count). The minimum absolute atomic E-state index is 0.00319. The highest BCUT2D eigenvalue weighted by Gasteiger charge is 2.48. The van der Waals surface area contributed by atoms with Gasteiger partial charge in [0.1, 0.15) is 30.5 Å². The molecule has 48 heavy (non-hydrogen) atoms. The summed E-state index contributed by atoms with van der Waals surface area (Å²) in [4.78, 5) is 12.6. The zero-order valence-corrected chi connectivity index (χ0v) is 29.6. The van der Waals surface area contributed by atoms with Gasteiger partial charge in [-0.25, -0.2) is 4.18 Å². The molecule has 6 unspecified atom stereocenters. The summed E-state index contributed by atoms with van der Waals surface area (Å²) in [6.07, 6.45) is 20.6. The van der Waals surface area contributed by atoms with E-state index in [1.165, 1.54) is 19.3 Å². The molecule has 0 spiro atoms. The molecule has 0 aliphatic carbocycles. The average molecular weight is 705 g/mol. The van der Waals surface area contributed by atoms with E-state index >= 15 is 0 Å². The molecule has 12 nitrogen and oxygen atoms in total. The third-order valence-corrected chi connectivity index (χ3v) is 7.93. The van der Waals surface area contributed by atoms with Gasteiger partial charge >= 0.3 is 16.4 Å². The summed E-state index contributed by atoms with van der Waals surface area (Å²) in [5.74, 6) is -0.429. The molecule has 0 saturated carbocycles.